The molecule has 1 aliphatic rings. The van der Waals surface area contributed by atoms with Crippen molar-refractivity contribution in [3.63, 3.8) is 0 Å². The lowest BCUT2D eigenvalue weighted by Gasteiger charge is -2.22. The Morgan fingerprint density at radius 2 is 2.19 bits per heavy atom. The van der Waals surface area contributed by atoms with Gasteiger partial charge in [-0.25, -0.2) is 0 Å². The molecule has 1 aromatic carbocycles. The number of carbonyl (C=O) groups excluding carboxylic acids is 1. The number of nitrogens with zero attached hydrogens (tertiary/aromatic N) is 1. The van der Waals surface area contributed by atoms with E-state index in [9.17, 15) is 18.0 Å². The van der Waals surface area contributed by atoms with Crippen LogP contribution in [0.2, 0.25) is 0 Å². The molecule has 1 fully saturated rings. The molecule has 0 saturated carbocycles. The Morgan fingerprint density at radius 1 is 1.43 bits per heavy atom. The van der Waals surface area contributed by atoms with Gasteiger partial charge in [0.25, 0.3) is 0 Å². The highest BCUT2D eigenvalue weighted by Crippen LogP contribution is 2.33. The number of carbonyl (C=O) groups is 1. The molecule has 1 atom stereocenters. The summed E-state index contributed by atoms with van der Waals surface area (Å²) in [6.07, 6.45) is -3.06. The number of anilines is 1. The van der Waals surface area contributed by atoms with Gasteiger partial charge in [-0.15, -0.1) is 0 Å². The van der Waals surface area contributed by atoms with Gasteiger partial charge < -0.3 is 10.6 Å². The highest BCUT2D eigenvalue weighted by atomic mass is 19.4. The Hall–Kier alpha value is -2.07. The monoisotopic (exact) mass is 297 g/mol. The summed E-state index contributed by atoms with van der Waals surface area (Å²) in [5, 5.41) is 14.3. The Morgan fingerprint density at radius 3 is 2.76 bits per heavy atom. The molecule has 7 heteroatoms. The van der Waals surface area contributed by atoms with Gasteiger partial charge in [-0.2, -0.15) is 18.4 Å². The van der Waals surface area contributed by atoms with E-state index in [0.29, 0.717) is 13.0 Å². The highest BCUT2D eigenvalue weighted by Gasteiger charge is 2.34. The van der Waals surface area contributed by atoms with Crippen LogP contribution >= 0.6 is 0 Å². The maximum Gasteiger partial charge on any atom is 0.417 e. The zero-order chi connectivity index (χ0) is 15.5. The van der Waals surface area contributed by atoms with Crippen molar-refractivity contribution in [2.24, 2.45) is 5.92 Å². The maximum atomic E-state index is 12.8. The molecule has 21 heavy (non-hydrogen) atoms. The first-order valence-electron chi connectivity index (χ1n) is 6.54. The van der Waals surface area contributed by atoms with Crippen LogP contribution in [-0.4, -0.2) is 19.0 Å². The quantitative estimate of drug-likeness (QED) is 0.881. The van der Waals surface area contributed by atoms with Gasteiger partial charge in [0.1, 0.15) is 0 Å². The van der Waals surface area contributed by atoms with Crippen LogP contribution in [0.1, 0.15) is 24.0 Å². The minimum Gasteiger partial charge on any atom is -0.326 e. The number of amides is 1. The molecular formula is C14H14F3N3O. The van der Waals surface area contributed by atoms with Gasteiger partial charge in [0.15, 0.2) is 0 Å². The Bertz CT molecular complexity index is 572. The predicted molar refractivity (Wildman–Crippen MR) is 70.4 cm³/mol. The largest absolute Gasteiger partial charge is 0.417 e. The predicted octanol–water partition coefficient (Wildman–Crippen LogP) is 2.52. The van der Waals surface area contributed by atoms with E-state index in [2.05, 4.69) is 10.6 Å². The third-order valence-corrected chi connectivity index (χ3v) is 3.38. The molecular weight excluding hydrogens is 283 g/mol. The first kappa shape index (κ1) is 15.3. The highest BCUT2D eigenvalue weighted by molar-refractivity contribution is 5.93. The van der Waals surface area contributed by atoms with Gasteiger partial charge in [0.05, 0.1) is 23.1 Å². The van der Waals surface area contributed by atoms with Crippen molar-refractivity contribution >= 4 is 11.6 Å². The summed E-state index contributed by atoms with van der Waals surface area (Å²) in [5.41, 5.74) is -1.44. The fraction of sp³-hybridized carbons (Fsp3) is 0.429. The zero-order valence-corrected chi connectivity index (χ0v) is 11.1. The van der Waals surface area contributed by atoms with Crippen molar-refractivity contribution in [3.8, 4) is 6.07 Å². The van der Waals surface area contributed by atoms with Crippen molar-refractivity contribution in [1.29, 1.82) is 5.26 Å². The number of piperidine rings is 1. The van der Waals surface area contributed by atoms with Gasteiger partial charge in [-0.1, -0.05) is 0 Å². The lowest BCUT2D eigenvalue weighted by atomic mass is 9.98. The van der Waals surface area contributed by atoms with E-state index in [1.54, 1.807) is 0 Å². The van der Waals surface area contributed by atoms with Crippen molar-refractivity contribution in [1.82, 2.24) is 5.32 Å². The number of hydrogen-bond acceptors (Lipinski definition) is 3. The molecule has 0 bridgehead atoms. The SMILES string of the molecule is N#Cc1ccc(NC(=O)[C@@H]2CCCNC2)cc1C(F)(F)F. The zero-order valence-electron chi connectivity index (χ0n) is 11.1. The number of nitriles is 1. The number of hydrogen-bond donors (Lipinski definition) is 2. The average molecular weight is 297 g/mol. The molecule has 0 aliphatic carbocycles. The van der Waals surface area contributed by atoms with Crippen molar-refractivity contribution in [2.45, 2.75) is 19.0 Å². The van der Waals surface area contributed by atoms with E-state index in [0.717, 1.165) is 25.1 Å². The van der Waals surface area contributed by atoms with Crippen molar-refractivity contribution in [3.05, 3.63) is 29.3 Å². The summed E-state index contributed by atoms with van der Waals surface area (Å²) >= 11 is 0. The minimum absolute atomic E-state index is 0.0527. The van der Waals surface area contributed by atoms with Crippen LogP contribution in [0.5, 0.6) is 0 Å². The van der Waals surface area contributed by atoms with Crippen molar-refractivity contribution < 1.29 is 18.0 Å². The topological polar surface area (TPSA) is 64.9 Å². The number of benzene rings is 1. The van der Waals surface area contributed by atoms with Crippen LogP contribution in [0, 0.1) is 17.2 Å². The third kappa shape index (κ3) is 3.73. The molecule has 0 radical (unpaired) electrons. The molecule has 112 valence electrons. The molecule has 1 amide bonds. The molecule has 1 aromatic rings. The molecule has 0 spiro atoms. The number of rotatable bonds is 2. The average Bonchev–Trinajstić information content (AvgIpc) is 2.47. The second-order valence-corrected chi connectivity index (χ2v) is 4.90. The first-order valence-corrected chi connectivity index (χ1v) is 6.54. The van der Waals surface area contributed by atoms with Gasteiger partial charge in [0, 0.05) is 12.2 Å². The van der Waals surface area contributed by atoms with Crippen LogP contribution in [0.4, 0.5) is 18.9 Å². The van der Waals surface area contributed by atoms with Gasteiger partial charge in [0.2, 0.25) is 5.91 Å². The fourth-order valence-electron chi connectivity index (χ4n) is 2.27. The molecule has 0 unspecified atom stereocenters. The minimum atomic E-state index is -4.63. The molecule has 1 saturated heterocycles. The van der Waals surface area contributed by atoms with Crippen LogP contribution < -0.4 is 10.6 Å². The molecule has 2 rings (SSSR count). The van der Waals surface area contributed by atoms with E-state index in [1.165, 1.54) is 12.1 Å². The maximum absolute atomic E-state index is 12.8. The van der Waals surface area contributed by atoms with Crippen LogP contribution in [-0.2, 0) is 11.0 Å². The fourth-order valence-corrected chi connectivity index (χ4v) is 2.27. The van der Waals surface area contributed by atoms with E-state index in [4.69, 9.17) is 5.26 Å². The summed E-state index contributed by atoms with van der Waals surface area (Å²) < 4.78 is 38.5. The molecule has 1 heterocycles. The lowest BCUT2D eigenvalue weighted by Crippen LogP contribution is -2.37. The summed E-state index contributed by atoms with van der Waals surface area (Å²) in [6.45, 7) is 1.37. The van der Waals surface area contributed by atoms with Crippen LogP contribution in [0.25, 0.3) is 0 Å². The van der Waals surface area contributed by atoms with Gasteiger partial charge in [-0.3, -0.25) is 4.79 Å². The summed E-state index contributed by atoms with van der Waals surface area (Å²) in [7, 11) is 0. The van der Waals surface area contributed by atoms with E-state index >= 15 is 0 Å². The number of alkyl halides is 3. The van der Waals surface area contributed by atoms with E-state index in [1.807, 2.05) is 0 Å². The van der Waals surface area contributed by atoms with Gasteiger partial charge >= 0.3 is 6.18 Å². The molecule has 4 nitrogen and oxygen atoms in total. The van der Waals surface area contributed by atoms with E-state index in [-0.39, 0.29) is 17.5 Å². The molecule has 1 aliphatic heterocycles. The lowest BCUT2D eigenvalue weighted by molar-refractivity contribution is -0.137. The second kappa shape index (κ2) is 6.14. The second-order valence-electron chi connectivity index (χ2n) is 4.90. The third-order valence-electron chi connectivity index (χ3n) is 3.38. The van der Waals surface area contributed by atoms with E-state index < -0.39 is 17.3 Å². The molecule has 0 aromatic heterocycles. The number of nitrogens with one attached hydrogen (secondary N) is 2. The summed E-state index contributed by atoms with van der Waals surface area (Å²) in [6, 6.07) is 4.68. The Balaban J connectivity index is 2.17. The van der Waals surface area contributed by atoms with Crippen LogP contribution in [0.3, 0.4) is 0 Å². The smallest absolute Gasteiger partial charge is 0.326 e. The Labute approximate surface area is 119 Å². The van der Waals surface area contributed by atoms with Gasteiger partial charge in [-0.05, 0) is 37.6 Å². The van der Waals surface area contributed by atoms with Crippen LogP contribution in [0.15, 0.2) is 18.2 Å². The standard InChI is InChI=1S/C14H14F3N3O/c15-14(16,17)12-6-11(4-3-9(12)7-18)20-13(21)10-2-1-5-19-8-10/h3-4,6,10,19H,1-2,5,8H2,(H,20,21)/t10-/m1/s1. The van der Waals surface area contributed by atoms with Crippen molar-refractivity contribution in [2.75, 3.05) is 18.4 Å². The number of halogens is 3. The first-order chi connectivity index (χ1) is 9.91. The Kier molecular flexibility index (Phi) is 4.48. The normalized spacial score (nSPS) is 18.9. The summed E-state index contributed by atoms with van der Waals surface area (Å²) in [5.74, 6) is -0.552. The molecule has 2 N–H and O–H groups in total. The summed E-state index contributed by atoms with van der Waals surface area (Å²) in [4.78, 5) is 12.0.